The largest absolute Gasteiger partial charge is 0.504 e. The molecule has 0 amide bonds. The van der Waals surface area contributed by atoms with Gasteiger partial charge in [0.25, 0.3) is 0 Å². The Hall–Kier alpha value is -1.97. The highest BCUT2D eigenvalue weighted by Crippen LogP contribution is 2.47. The number of hydrogen-bond acceptors (Lipinski definition) is 4. The summed E-state index contributed by atoms with van der Waals surface area (Å²) in [7, 11) is 0. The molecule has 0 unspecified atom stereocenters. The van der Waals surface area contributed by atoms with E-state index in [-0.39, 0.29) is 46.2 Å². The van der Waals surface area contributed by atoms with Crippen LogP contribution in [0.4, 0.5) is 0 Å². The van der Waals surface area contributed by atoms with Crippen LogP contribution in [0.5, 0.6) is 0 Å². The van der Waals surface area contributed by atoms with Crippen molar-refractivity contribution in [1.82, 2.24) is 0 Å². The lowest BCUT2D eigenvalue weighted by Crippen LogP contribution is -2.37. The summed E-state index contributed by atoms with van der Waals surface area (Å²) in [6.07, 6.45) is 2.00. The minimum atomic E-state index is -0.292. The topological polar surface area (TPSA) is 71.4 Å². The van der Waals surface area contributed by atoms with Gasteiger partial charge in [-0.25, -0.2) is 0 Å². The van der Waals surface area contributed by atoms with Crippen molar-refractivity contribution in [1.29, 1.82) is 0 Å². The van der Waals surface area contributed by atoms with Crippen LogP contribution >= 0.6 is 0 Å². The van der Waals surface area contributed by atoms with Gasteiger partial charge in [-0.1, -0.05) is 74.8 Å². The lowest BCUT2D eigenvalue weighted by atomic mass is 9.63. The summed E-state index contributed by atoms with van der Waals surface area (Å²) in [5.74, 6) is -0.894. The molecule has 4 nitrogen and oxygen atoms in total. The number of hydrogen-bond donors (Lipinski definition) is 1. The normalized spacial score (nSPS) is 22.3. The van der Waals surface area contributed by atoms with Crippen LogP contribution in [0.3, 0.4) is 0 Å². The van der Waals surface area contributed by atoms with Crippen molar-refractivity contribution in [2.75, 3.05) is 0 Å². The third kappa shape index (κ3) is 5.19. The molecule has 0 saturated heterocycles. The lowest BCUT2D eigenvalue weighted by molar-refractivity contribution is -0.136. The van der Waals surface area contributed by atoms with Crippen molar-refractivity contribution >= 4 is 17.3 Å². The van der Waals surface area contributed by atoms with E-state index in [0.29, 0.717) is 17.6 Å². The van der Waals surface area contributed by atoms with Gasteiger partial charge in [-0.3, -0.25) is 14.4 Å². The average molecular weight is 427 g/mol. The number of allylic oxidation sites excluding steroid dienone is 5. The van der Waals surface area contributed by atoms with E-state index in [2.05, 4.69) is 41.5 Å². The predicted octanol–water partition coefficient (Wildman–Crippen LogP) is 6.81. The Bertz CT molecular complexity index is 872. The average Bonchev–Trinajstić information content (AvgIpc) is 2.56. The minimum Gasteiger partial charge on any atom is -0.504 e. The van der Waals surface area contributed by atoms with Gasteiger partial charge in [-0.05, 0) is 41.7 Å². The molecule has 0 bridgehead atoms. The van der Waals surface area contributed by atoms with Gasteiger partial charge in [-0.2, -0.15) is 0 Å². The van der Waals surface area contributed by atoms with E-state index in [1.165, 1.54) is 0 Å². The molecule has 0 aromatic carbocycles. The zero-order valence-corrected chi connectivity index (χ0v) is 21.0. The number of carbonyl (C=O) groups is 3. The first-order chi connectivity index (χ1) is 14.1. The van der Waals surface area contributed by atoms with E-state index in [4.69, 9.17) is 2.97 Å². The quantitative estimate of drug-likeness (QED) is 0.432. The summed E-state index contributed by atoms with van der Waals surface area (Å²) in [4.78, 5) is 34.9. The zero-order chi connectivity index (χ0) is 26.0. The number of ketones is 3. The smallest absolute Gasteiger partial charge is 0.224 e. The maximum Gasteiger partial charge on any atom is 0.224 e. The third-order valence-corrected chi connectivity index (χ3v) is 5.84. The maximum atomic E-state index is 11.7. The first kappa shape index (κ1) is 24.3. The van der Waals surface area contributed by atoms with Gasteiger partial charge in [0.2, 0.25) is 17.3 Å². The number of Topliss-reactive ketones (excluding diaryl/α,β-unsaturated/α-hetero) is 3. The van der Waals surface area contributed by atoms with Crippen LogP contribution in [0.25, 0.3) is 0 Å². The van der Waals surface area contributed by atoms with Gasteiger partial charge >= 0.3 is 0 Å². The van der Waals surface area contributed by atoms with Gasteiger partial charge in [0.05, 0.1) is 0 Å². The van der Waals surface area contributed by atoms with Gasteiger partial charge < -0.3 is 5.11 Å². The first-order valence-electron chi connectivity index (χ1n) is 11.6. The Morgan fingerprint density at radius 3 is 1.63 bits per heavy atom. The van der Waals surface area contributed by atoms with E-state index < -0.39 is 0 Å². The van der Waals surface area contributed by atoms with Gasteiger partial charge in [-0.15, -0.1) is 0 Å². The number of rotatable bonds is 0. The molecule has 172 valence electrons. The van der Waals surface area contributed by atoms with E-state index in [1.54, 1.807) is 19.9 Å². The monoisotopic (exact) mass is 426 g/mol. The molecule has 4 heteroatoms. The van der Waals surface area contributed by atoms with E-state index in [1.807, 2.05) is 27.7 Å². The second kappa shape index (κ2) is 7.94. The molecule has 2 rings (SSSR count). The molecule has 0 aromatic rings. The molecule has 30 heavy (non-hydrogen) atoms. The number of carbonyl (C=O) groups excluding carboxylic acids is 3. The number of aliphatic hydroxyl groups excluding tert-OH is 1. The summed E-state index contributed by atoms with van der Waals surface area (Å²) in [6, 6.07) is 0. The Labute approximate surface area is 187 Å². The molecular weight excluding hydrogens is 376 g/mol. The third-order valence-electron chi connectivity index (χ3n) is 5.84. The fraction of sp³-hybridized carbons (Fsp3) is 0.654. The molecule has 2 aliphatic rings. The molecule has 0 saturated carbocycles. The second-order valence-electron chi connectivity index (χ2n) is 11.9. The van der Waals surface area contributed by atoms with Crippen LogP contribution in [0.2, 0.25) is 0 Å². The fourth-order valence-electron chi connectivity index (χ4n) is 5.78. The predicted molar refractivity (Wildman–Crippen MR) is 126 cm³/mol. The van der Waals surface area contributed by atoms with Crippen molar-refractivity contribution in [3.05, 3.63) is 34.1 Å². The summed E-state index contributed by atoms with van der Waals surface area (Å²) in [5.41, 5.74) is 3.03. The Balaban J connectivity index is 0. The minimum absolute atomic E-state index is 0. The summed E-state index contributed by atoms with van der Waals surface area (Å²) < 4.78 is 10.0. The summed E-state index contributed by atoms with van der Waals surface area (Å²) in [5, 5.41) is 9.54. The summed E-state index contributed by atoms with van der Waals surface area (Å²) in [6.45, 7) is 24.3. The molecule has 0 atom stereocenters. The molecule has 1 N–H and O–H groups in total. The van der Waals surface area contributed by atoms with Gasteiger partial charge in [0.1, 0.15) is 0 Å². The van der Waals surface area contributed by atoms with Crippen molar-refractivity contribution < 1.29 is 23.9 Å². The fourth-order valence-corrected chi connectivity index (χ4v) is 5.78. The molecular formula is C26H44O4. The maximum absolute atomic E-state index is 11.7. The van der Waals surface area contributed by atoms with Crippen LogP contribution in [-0.2, 0) is 14.4 Å². The SMILES string of the molecule is CC1=C(C(C)(C)C)C(C)(C)C=C(O)C1=O.CC1=C(C(C)(C)C)C(C)(C)CC(=O)C1=O.[3HH].[3H][3H]. The molecule has 0 aliphatic heterocycles. The van der Waals surface area contributed by atoms with E-state index in [0.717, 1.165) is 11.1 Å². The van der Waals surface area contributed by atoms with Crippen molar-refractivity contribution in [2.24, 2.45) is 21.7 Å². The van der Waals surface area contributed by atoms with Crippen LogP contribution in [0.1, 0.15) is 93.9 Å². The Kier molecular flexibility index (Phi) is 6.43. The zero-order valence-electron chi connectivity index (χ0n) is 23.0. The van der Waals surface area contributed by atoms with Gasteiger partial charge in [0, 0.05) is 27.4 Å². The molecule has 2 aliphatic carbocycles. The van der Waals surface area contributed by atoms with Crippen LogP contribution in [-0.4, -0.2) is 22.5 Å². The van der Waals surface area contributed by atoms with E-state index >= 15 is 0 Å². The Morgan fingerprint density at radius 1 is 0.833 bits per heavy atom. The van der Waals surface area contributed by atoms with Crippen molar-refractivity contribution in [3.8, 4) is 0 Å². The summed E-state index contributed by atoms with van der Waals surface area (Å²) >= 11 is 0. The van der Waals surface area contributed by atoms with Crippen molar-refractivity contribution in [3.63, 3.8) is 0 Å². The van der Waals surface area contributed by atoms with Crippen LogP contribution < -0.4 is 0 Å². The second-order valence-corrected chi connectivity index (χ2v) is 11.9. The number of aliphatic hydroxyl groups is 1. The lowest BCUT2D eigenvalue weighted by Gasteiger charge is -2.40. The van der Waals surface area contributed by atoms with E-state index in [9.17, 15) is 19.5 Å². The van der Waals surface area contributed by atoms with Gasteiger partial charge in [0.15, 0.2) is 5.76 Å². The van der Waals surface area contributed by atoms with Crippen LogP contribution in [0, 0.1) is 21.7 Å². The van der Waals surface area contributed by atoms with Crippen molar-refractivity contribution in [2.45, 2.75) is 89.5 Å². The first-order valence-corrected chi connectivity index (χ1v) is 10.6. The standard InChI is InChI=1S/2C13H20O2.2H2/c2*1-8-10(15)9(14)7-13(5,6)11(8)12(2,3)4;;/h7H2,1-6H3;7,14H,1-6H3;2*1H/i;;1+2T;1+2. The highest BCUT2D eigenvalue weighted by Gasteiger charge is 2.42. The molecule has 0 heterocycles. The highest BCUT2D eigenvalue weighted by atomic mass is 16.3. The molecule has 0 radical (unpaired) electrons. The molecule has 0 aromatic heterocycles. The highest BCUT2D eigenvalue weighted by molar-refractivity contribution is 6.44. The molecule has 0 spiro atoms. The van der Waals surface area contributed by atoms with Crippen LogP contribution in [0.15, 0.2) is 34.1 Å². The molecule has 0 fully saturated rings. The Morgan fingerprint density at radius 2 is 1.23 bits per heavy atom.